The van der Waals surface area contributed by atoms with Crippen molar-refractivity contribution in [2.75, 3.05) is 18.4 Å². The molecule has 1 aromatic carbocycles. The van der Waals surface area contributed by atoms with Crippen LogP contribution in [-0.4, -0.2) is 46.5 Å². The second-order valence-corrected chi connectivity index (χ2v) is 8.17. The van der Waals surface area contributed by atoms with Crippen LogP contribution in [0.15, 0.2) is 29.4 Å². The number of hydrogen-bond acceptors (Lipinski definition) is 6. The summed E-state index contributed by atoms with van der Waals surface area (Å²) in [5.41, 5.74) is 5.79. The highest BCUT2D eigenvalue weighted by molar-refractivity contribution is 6.36. The highest BCUT2D eigenvalue weighted by Gasteiger charge is 2.30. The fraction of sp³-hybridized carbons (Fsp3) is 0.421. The quantitative estimate of drug-likeness (QED) is 0.313. The number of pyridine rings is 1. The molecule has 0 aliphatic carbocycles. The van der Waals surface area contributed by atoms with Gasteiger partial charge in [0.1, 0.15) is 17.1 Å². The molecule has 1 fully saturated rings. The Labute approximate surface area is 168 Å². The summed E-state index contributed by atoms with van der Waals surface area (Å²) in [7, 11) is 0. The summed E-state index contributed by atoms with van der Waals surface area (Å²) in [5, 5.41) is 9.16. The number of benzene rings is 1. The van der Waals surface area contributed by atoms with E-state index in [-0.39, 0.29) is 18.0 Å². The van der Waals surface area contributed by atoms with Crippen molar-refractivity contribution in [2.45, 2.75) is 38.8 Å². The summed E-state index contributed by atoms with van der Waals surface area (Å²) >= 11 is 6.41. The van der Waals surface area contributed by atoms with E-state index >= 15 is 0 Å². The minimum atomic E-state index is -0.526. The van der Waals surface area contributed by atoms with Gasteiger partial charge in [0.25, 0.3) is 0 Å². The number of ether oxygens (including phenoxy) is 1. The zero-order valence-corrected chi connectivity index (χ0v) is 17.0. The Kier molecular flexibility index (Phi) is 5.51. The first-order valence-corrected chi connectivity index (χ1v) is 9.43. The molecule has 1 saturated heterocycles. The topological polar surface area (TPSA) is 119 Å². The van der Waals surface area contributed by atoms with Crippen molar-refractivity contribution in [3.05, 3.63) is 35.0 Å². The second-order valence-electron chi connectivity index (χ2n) is 7.76. The Hall–Kier alpha value is -2.74. The Morgan fingerprint density at radius 1 is 1.43 bits per heavy atom. The number of hydrogen-bond donors (Lipinski definition) is 3. The minimum Gasteiger partial charge on any atom is -0.444 e. The third-order valence-electron chi connectivity index (χ3n) is 4.39. The maximum Gasteiger partial charge on any atom is 0.410 e. The van der Waals surface area contributed by atoms with Gasteiger partial charge in [-0.3, -0.25) is 0 Å². The van der Waals surface area contributed by atoms with Gasteiger partial charge in [0.2, 0.25) is 0 Å². The second kappa shape index (κ2) is 7.71. The van der Waals surface area contributed by atoms with Gasteiger partial charge in [-0.15, -0.1) is 0 Å². The molecule has 150 valence electrons. The lowest BCUT2D eigenvalue weighted by Gasteiger charge is -2.24. The number of nitrogens with one attached hydrogen (secondary N) is 1. The van der Waals surface area contributed by atoms with Crippen LogP contribution in [0.4, 0.5) is 10.6 Å². The van der Waals surface area contributed by atoms with Crippen LogP contribution in [0.3, 0.4) is 0 Å². The summed E-state index contributed by atoms with van der Waals surface area (Å²) in [5.74, 6) is 6.03. The Morgan fingerprint density at radius 3 is 2.86 bits per heavy atom. The first-order chi connectivity index (χ1) is 13.2. The standard InChI is InChI=1S/C19H25ClN6O2/c1-19(2,3)28-18(27)26-8-7-12(10-26)23-17-15-11(5-4-6-13(15)20)9-14(24-17)16(21)25-22/h4-6,9,12H,7-8,10,22H2,1-3H3,(H2,21,25)(H,23,24)/t12-/m0/s1. The zero-order chi connectivity index (χ0) is 20.5. The monoisotopic (exact) mass is 404 g/mol. The highest BCUT2D eigenvalue weighted by atomic mass is 35.5. The van der Waals surface area contributed by atoms with Crippen LogP contribution in [0.2, 0.25) is 5.02 Å². The largest absolute Gasteiger partial charge is 0.444 e. The summed E-state index contributed by atoms with van der Waals surface area (Å²) < 4.78 is 5.45. The first kappa shape index (κ1) is 20.0. The van der Waals surface area contributed by atoms with Crippen molar-refractivity contribution >= 4 is 40.1 Å². The van der Waals surface area contributed by atoms with Crippen molar-refractivity contribution in [2.24, 2.45) is 16.7 Å². The van der Waals surface area contributed by atoms with E-state index in [1.54, 1.807) is 17.0 Å². The molecule has 1 aliphatic rings. The number of amides is 1. The molecular formula is C19H25ClN6O2. The fourth-order valence-corrected chi connectivity index (χ4v) is 3.40. The highest BCUT2D eigenvalue weighted by Crippen LogP contribution is 2.31. The van der Waals surface area contributed by atoms with Crippen molar-refractivity contribution in [1.82, 2.24) is 9.88 Å². The molecule has 8 nitrogen and oxygen atoms in total. The average molecular weight is 405 g/mol. The average Bonchev–Trinajstić information content (AvgIpc) is 3.08. The van der Waals surface area contributed by atoms with Crippen LogP contribution in [0.5, 0.6) is 0 Å². The molecule has 1 aliphatic heterocycles. The number of fused-ring (bicyclic) bond motifs is 1. The maximum absolute atomic E-state index is 12.3. The van der Waals surface area contributed by atoms with Crippen molar-refractivity contribution in [1.29, 1.82) is 0 Å². The van der Waals surface area contributed by atoms with Crippen molar-refractivity contribution in [3.8, 4) is 0 Å². The molecule has 0 saturated carbocycles. The molecule has 1 amide bonds. The number of rotatable bonds is 3. The number of hydrazone groups is 1. The SMILES string of the molecule is CC(C)(C)OC(=O)N1CC[C@H](Nc2nc(/C(N)=N\N)cc3cccc(Cl)c23)C1. The lowest BCUT2D eigenvalue weighted by molar-refractivity contribution is 0.0293. The van der Waals surface area contributed by atoms with Crippen molar-refractivity contribution < 1.29 is 9.53 Å². The fourth-order valence-electron chi connectivity index (χ4n) is 3.13. The number of nitrogens with two attached hydrogens (primary N) is 2. The third kappa shape index (κ3) is 4.39. The third-order valence-corrected chi connectivity index (χ3v) is 4.70. The smallest absolute Gasteiger partial charge is 0.410 e. The van der Waals surface area contributed by atoms with Crippen molar-refractivity contribution in [3.63, 3.8) is 0 Å². The molecule has 0 spiro atoms. The van der Waals surface area contributed by atoms with E-state index < -0.39 is 5.60 Å². The molecule has 2 heterocycles. The van der Waals surface area contributed by atoms with E-state index in [1.165, 1.54) is 0 Å². The Balaban J connectivity index is 1.85. The summed E-state index contributed by atoms with van der Waals surface area (Å²) in [6.45, 7) is 6.66. The van der Waals surface area contributed by atoms with Crippen LogP contribution in [0, 0.1) is 0 Å². The number of likely N-dealkylation sites (tertiary alicyclic amines) is 1. The molecule has 9 heteroatoms. The van der Waals surface area contributed by atoms with Crippen LogP contribution in [0.25, 0.3) is 10.8 Å². The molecule has 1 aromatic heterocycles. The Bertz CT molecular complexity index is 925. The number of carbonyl (C=O) groups excluding carboxylic acids is 1. The number of anilines is 1. The maximum atomic E-state index is 12.3. The van der Waals surface area contributed by atoms with Gasteiger partial charge in [-0.05, 0) is 44.7 Å². The summed E-state index contributed by atoms with van der Waals surface area (Å²) in [6, 6.07) is 7.38. The van der Waals surface area contributed by atoms with Gasteiger partial charge < -0.3 is 26.5 Å². The van der Waals surface area contributed by atoms with E-state index in [9.17, 15) is 4.79 Å². The molecular weight excluding hydrogens is 380 g/mol. The normalized spacial score (nSPS) is 17.8. The molecule has 3 rings (SSSR count). The van der Waals surface area contributed by atoms with Gasteiger partial charge in [0.05, 0.1) is 5.02 Å². The zero-order valence-electron chi connectivity index (χ0n) is 16.2. The van der Waals surface area contributed by atoms with E-state index in [0.717, 1.165) is 17.2 Å². The molecule has 28 heavy (non-hydrogen) atoms. The van der Waals surface area contributed by atoms with E-state index in [2.05, 4.69) is 15.4 Å². The minimum absolute atomic E-state index is 0.00535. The van der Waals surface area contributed by atoms with Gasteiger partial charge in [0, 0.05) is 24.5 Å². The molecule has 5 N–H and O–H groups in total. The molecule has 1 atom stereocenters. The Morgan fingerprint density at radius 2 is 2.18 bits per heavy atom. The van der Waals surface area contributed by atoms with Gasteiger partial charge in [0.15, 0.2) is 5.84 Å². The first-order valence-electron chi connectivity index (χ1n) is 9.05. The van der Waals surface area contributed by atoms with E-state index in [0.29, 0.717) is 29.6 Å². The van der Waals surface area contributed by atoms with Crippen LogP contribution < -0.4 is 16.9 Å². The predicted octanol–water partition coefficient (Wildman–Crippen LogP) is 2.89. The van der Waals surface area contributed by atoms with Gasteiger partial charge >= 0.3 is 6.09 Å². The number of aromatic nitrogens is 1. The van der Waals surface area contributed by atoms with Crippen LogP contribution >= 0.6 is 11.6 Å². The predicted molar refractivity (Wildman–Crippen MR) is 111 cm³/mol. The molecule has 0 bridgehead atoms. The summed E-state index contributed by atoms with van der Waals surface area (Å²) in [4.78, 5) is 18.5. The number of carbonyl (C=O) groups is 1. The number of halogens is 1. The lowest BCUT2D eigenvalue weighted by atomic mass is 10.1. The lowest BCUT2D eigenvalue weighted by Crippen LogP contribution is -2.36. The number of nitrogens with zero attached hydrogens (tertiary/aromatic N) is 3. The van der Waals surface area contributed by atoms with Gasteiger partial charge in [-0.2, -0.15) is 5.10 Å². The molecule has 2 aromatic rings. The summed E-state index contributed by atoms with van der Waals surface area (Å²) in [6.07, 6.45) is 0.443. The van der Waals surface area contributed by atoms with Gasteiger partial charge in [-0.1, -0.05) is 23.7 Å². The number of amidine groups is 1. The molecule has 0 unspecified atom stereocenters. The van der Waals surface area contributed by atoms with E-state index in [4.69, 9.17) is 27.9 Å². The van der Waals surface area contributed by atoms with Crippen LogP contribution in [0.1, 0.15) is 32.9 Å². The van der Waals surface area contributed by atoms with Gasteiger partial charge in [-0.25, -0.2) is 9.78 Å². The molecule has 0 radical (unpaired) electrons. The van der Waals surface area contributed by atoms with Crippen LogP contribution in [-0.2, 0) is 4.74 Å². The van der Waals surface area contributed by atoms with E-state index in [1.807, 2.05) is 32.9 Å².